The molecule has 112 valence electrons. The van der Waals surface area contributed by atoms with E-state index in [1.54, 1.807) is 0 Å². The molecule has 1 N–H and O–H groups in total. The number of aryl methyl sites for hydroxylation is 2. The highest BCUT2D eigenvalue weighted by molar-refractivity contribution is 5.33. The van der Waals surface area contributed by atoms with Crippen LogP contribution < -0.4 is 5.32 Å². The molecule has 1 aromatic rings. The summed E-state index contributed by atoms with van der Waals surface area (Å²) in [6.45, 7) is 11.4. The zero-order valence-electron chi connectivity index (χ0n) is 13.4. The molecular weight excluding hydrogens is 244 g/mol. The smallest absolute Gasteiger partial charge is 0.0242 e. The predicted octanol–water partition coefficient (Wildman–Crippen LogP) is 3.66. The maximum atomic E-state index is 3.61. The van der Waals surface area contributed by atoms with E-state index >= 15 is 0 Å². The second-order valence-corrected chi connectivity index (χ2v) is 6.19. The summed E-state index contributed by atoms with van der Waals surface area (Å²) in [6, 6.07) is 7.38. The van der Waals surface area contributed by atoms with E-state index in [1.807, 2.05) is 0 Å². The first-order chi connectivity index (χ1) is 9.72. The largest absolute Gasteiger partial charge is 0.315 e. The summed E-state index contributed by atoms with van der Waals surface area (Å²) in [5, 5.41) is 3.61. The van der Waals surface area contributed by atoms with Crippen molar-refractivity contribution >= 4 is 0 Å². The molecule has 1 fully saturated rings. The fourth-order valence-corrected chi connectivity index (χ4v) is 3.25. The van der Waals surface area contributed by atoms with Gasteiger partial charge in [0.15, 0.2) is 0 Å². The van der Waals surface area contributed by atoms with Gasteiger partial charge in [0, 0.05) is 19.1 Å². The molecule has 0 saturated carbocycles. The zero-order chi connectivity index (χ0) is 14.4. The summed E-state index contributed by atoms with van der Waals surface area (Å²) in [4.78, 5) is 2.70. The van der Waals surface area contributed by atoms with Gasteiger partial charge in [-0.3, -0.25) is 4.90 Å². The van der Waals surface area contributed by atoms with Gasteiger partial charge in [0.05, 0.1) is 0 Å². The van der Waals surface area contributed by atoms with Gasteiger partial charge in [0.2, 0.25) is 0 Å². The first kappa shape index (κ1) is 15.5. The number of hydrogen-bond acceptors (Lipinski definition) is 2. The Morgan fingerprint density at radius 3 is 2.65 bits per heavy atom. The van der Waals surface area contributed by atoms with Crippen LogP contribution >= 0.6 is 0 Å². The summed E-state index contributed by atoms with van der Waals surface area (Å²) in [5.41, 5.74) is 4.42. The first-order valence-corrected chi connectivity index (χ1v) is 8.22. The van der Waals surface area contributed by atoms with E-state index in [1.165, 1.54) is 48.9 Å². The summed E-state index contributed by atoms with van der Waals surface area (Å²) in [7, 11) is 0. The van der Waals surface area contributed by atoms with E-state index in [2.05, 4.69) is 49.2 Å². The van der Waals surface area contributed by atoms with Crippen LogP contribution in [-0.2, 0) is 6.54 Å². The van der Waals surface area contributed by atoms with Crippen molar-refractivity contribution in [3.05, 3.63) is 34.9 Å². The first-order valence-electron chi connectivity index (χ1n) is 8.22. The van der Waals surface area contributed by atoms with Crippen LogP contribution in [-0.4, -0.2) is 30.6 Å². The molecule has 0 radical (unpaired) electrons. The molecule has 1 aliphatic rings. The molecule has 2 heteroatoms. The van der Waals surface area contributed by atoms with Crippen LogP contribution in [0.25, 0.3) is 0 Å². The second-order valence-electron chi connectivity index (χ2n) is 6.19. The fourth-order valence-electron chi connectivity index (χ4n) is 3.25. The molecule has 1 saturated heterocycles. The van der Waals surface area contributed by atoms with Gasteiger partial charge in [-0.05, 0) is 62.9 Å². The molecule has 0 aliphatic carbocycles. The van der Waals surface area contributed by atoms with Crippen LogP contribution in [0.1, 0.15) is 49.3 Å². The quantitative estimate of drug-likeness (QED) is 0.796. The SMILES string of the molecule is CCCNCC1CCCCN1Cc1c(C)cccc1C. The van der Waals surface area contributed by atoms with E-state index in [0.29, 0.717) is 6.04 Å². The lowest BCUT2D eigenvalue weighted by molar-refractivity contribution is 0.137. The molecule has 1 unspecified atom stereocenters. The summed E-state index contributed by atoms with van der Waals surface area (Å²) >= 11 is 0. The molecule has 0 aromatic heterocycles. The lowest BCUT2D eigenvalue weighted by atomic mass is 9.98. The van der Waals surface area contributed by atoms with Crippen LogP contribution in [0, 0.1) is 13.8 Å². The van der Waals surface area contributed by atoms with Gasteiger partial charge >= 0.3 is 0 Å². The number of benzene rings is 1. The Morgan fingerprint density at radius 1 is 1.20 bits per heavy atom. The Balaban J connectivity index is 2.01. The van der Waals surface area contributed by atoms with Gasteiger partial charge in [-0.15, -0.1) is 0 Å². The van der Waals surface area contributed by atoms with Gasteiger partial charge in [-0.1, -0.05) is 31.5 Å². The van der Waals surface area contributed by atoms with E-state index < -0.39 is 0 Å². The highest BCUT2D eigenvalue weighted by Gasteiger charge is 2.22. The van der Waals surface area contributed by atoms with Crippen LogP contribution in [0.3, 0.4) is 0 Å². The van der Waals surface area contributed by atoms with Gasteiger partial charge in [0.25, 0.3) is 0 Å². The van der Waals surface area contributed by atoms with E-state index in [4.69, 9.17) is 0 Å². The lowest BCUT2D eigenvalue weighted by Crippen LogP contribution is -2.45. The van der Waals surface area contributed by atoms with E-state index in [0.717, 1.165) is 19.6 Å². The number of piperidine rings is 1. The molecule has 1 aromatic carbocycles. The van der Waals surface area contributed by atoms with E-state index in [9.17, 15) is 0 Å². The molecule has 20 heavy (non-hydrogen) atoms. The Kier molecular flexibility index (Phi) is 6.06. The van der Waals surface area contributed by atoms with Crippen molar-refractivity contribution in [1.82, 2.24) is 10.2 Å². The highest BCUT2D eigenvalue weighted by atomic mass is 15.2. The Morgan fingerprint density at radius 2 is 1.95 bits per heavy atom. The van der Waals surface area contributed by atoms with Crippen molar-refractivity contribution in [1.29, 1.82) is 0 Å². The van der Waals surface area contributed by atoms with E-state index in [-0.39, 0.29) is 0 Å². The molecule has 1 heterocycles. The maximum absolute atomic E-state index is 3.61. The second kappa shape index (κ2) is 7.80. The average molecular weight is 274 g/mol. The van der Waals surface area contributed by atoms with Gasteiger partial charge < -0.3 is 5.32 Å². The molecule has 1 atom stereocenters. The van der Waals surface area contributed by atoms with Gasteiger partial charge in [-0.25, -0.2) is 0 Å². The Hall–Kier alpha value is -0.860. The number of hydrogen-bond donors (Lipinski definition) is 1. The molecule has 1 aliphatic heterocycles. The van der Waals surface area contributed by atoms with Crippen LogP contribution in [0.2, 0.25) is 0 Å². The highest BCUT2D eigenvalue weighted by Crippen LogP contribution is 2.22. The normalized spacial score (nSPS) is 20.2. The molecule has 0 spiro atoms. The lowest BCUT2D eigenvalue weighted by Gasteiger charge is -2.36. The molecule has 2 nitrogen and oxygen atoms in total. The topological polar surface area (TPSA) is 15.3 Å². The van der Waals surface area contributed by atoms with Crippen molar-refractivity contribution in [3.63, 3.8) is 0 Å². The maximum Gasteiger partial charge on any atom is 0.0242 e. The third-order valence-electron chi connectivity index (χ3n) is 4.56. The van der Waals surface area contributed by atoms with Crippen molar-refractivity contribution in [2.45, 2.75) is 59.0 Å². The Labute approximate surface area is 124 Å². The molecule has 0 amide bonds. The third kappa shape index (κ3) is 4.07. The minimum atomic E-state index is 0.717. The molecule has 0 bridgehead atoms. The summed E-state index contributed by atoms with van der Waals surface area (Å²) < 4.78 is 0. The molecular formula is C18H30N2. The summed E-state index contributed by atoms with van der Waals surface area (Å²) in [6.07, 6.45) is 5.32. The van der Waals surface area contributed by atoms with Crippen LogP contribution in [0.5, 0.6) is 0 Å². The molecule has 2 rings (SSSR count). The Bertz CT molecular complexity index is 394. The van der Waals surface area contributed by atoms with Crippen molar-refractivity contribution in [2.75, 3.05) is 19.6 Å². The number of likely N-dealkylation sites (tertiary alicyclic amines) is 1. The minimum absolute atomic E-state index is 0.717. The summed E-state index contributed by atoms with van der Waals surface area (Å²) in [5.74, 6) is 0. The minimum Gasteiger partial charge on any atom is -0.315 e. The zero-order valence-corrected chi connectivity index (χ0v) is 13.4. The number of nitrogens with one attached hydrogen (secondary N) is 1. The predicted molar refractivity (Wildman–Crippen MR) is 87.1 cm³/mol. The monoisotopic (exact) mass is 274 g/mol. The average Bonchev–Trinajstić information content (AvgIpc) is 2.45. The van der Waals surface area contributed by atoms with Crippen LogP contribution in [0.4, 0.5) is 0 Å². The number of rotatable bonds is 6. The fraction of sp³-hybridized carbons (Fsp3) is 0.667. The van der Waals surface area contributed by atoms with Crippen molar-refractivity contribution in [3.8, 4) is 0 Å². The van der Waals surface area contributed by atoms with Crippen LogP contribution in [0.15, 0.2) is 18.2 Å². The van der Waals surface area contributed by atoms with Crippen molar-refractivity contribution in [2.24, 2.45) is 0 Å². The van der Waals surface area contributed by atoms with Crippen molar-refractivity contribution < 1.29 is 0 Å². The standard InChI is InChI=1S/C18H30N2/c1-4-11-19-13-17-10-5-6-12-20(17)14-18-15(2)8-7-9-16(18)3/h7-9,17,19H,4-6,10-14H2,1-3H3. The third-order valence-corrected chi connectivity index (χ3v) is 4.56. The van der Waals surface area contributed by atoms with Gasteiger partial charge in [-0.2, -0.15) is 0 Å². The van der Waals surface area contributed by atoms with Gasteiger partial charge in [0.1, 0.15) is 0 Å². The number of nitrogens with zero attached hydrogens (tertiary/aromatic N) is 1.